The molecule has 450 valence electrons. The third-order valence-corrected chi connectivity index (χ3v) is 13.9. The second-order valence-electron chi connectivity index (χ2n) is 21.6. The van der Waals surface area contributed by atoms with Crippen LogP contribution in [-0.4, -0.2) is 37.2 Å². The Morgan fingerprint density at radius 1 is 0.266 bits per heavy atom. The predicted molar refractivity (Wildman–Crippen MR) is 343 cm³/mol. The lowest BCUT2D eigenvalue weighted by atomic mass is 10.0. The summed E-state index contributed by atoms with van der Waals surface area (Å²) in [7, 11) is 0. The quantitative estimate of drug-likeness (QED) is 0.0261. The normalized spacial score (nSPS) is 12.9. The number of hydrogen-bond acceptors (Lipinski definition) is 6. The van der Waals surface area contributed by atoms with Crippen molar-refractivity contribution in [2.45, 2.75) is 309 Å². The van der Waals surface area contributed by atoms with Gasteiger partial charge in [-0.15, -0.1) is 0 Å². The number of unbranched alkanes of at least 4 members (excludes halogenated alkanes) is 28. The zero-order valence-corrected chi connectivity index (χ0v) is 51.6. The van der Waals surface area contributed by atoms with Gasteiger partial charge in [0.25, 0.3) is 0 Å². The van der Waals surface area contributed by atoms with Crippen LogP contribution in [0.15, 0.2) is 122 Å². The zero-order valence-electron chi connectivity index (χ0n) is 51.6. The van der Waals surface area contributed by atoms with Crippen LogP contribution in [0.3, 0.4) is 0 Å². The topological polar surface area (TPSA) is 78.9 Å². The first kappa shape index (κ1) is 74.8. The van der Waals surface area contributed by atoms with Crippen LogP contribution in [0.25, 0.3) is 0 Å². The summed E-state index contributed by atoms with van der Waals surface area (Å²) in [5.74, 6) is -0.949. The number of carbonyl (C=O) groups excluding carboxylic acids is 3. The summed E-state index contributed by atoms with van der Waals surface area (Å²) in [6.07, 6.45) is 92.1. The van der Waals surface area contributed by atoms with Crippen molar-refractivity contribution in [3.05, 3.63) is 122 Å². The molecule has 0 aromatic heterocycles. The van der Waals surface area contributed by atoms with Gasteiger partial charge in [-0.05, 0) is 109 Å². The van der Waals surface area contributed by atoms with Gasteiger partial charge < -0.3 is 14.2 Å². The first-order valence-corrected chi connectivity index (χ1v) is 33.0. The minimum Gasteiger partial charge on any atom is -0.462 e. The second kappa shape index (κ2) is 66.3. The van der Waals surface area contributed by atoms with Crippen LogP contribution < -0.4 is 0 Å². The molecule has 0 aliphatic rings. The Bertz CT molecular complexity index is 1640. The molecule has 0 bridgehead atoms. The minimum atomic E-state index is -0.805. The van der Waals surface area contributed by atoms with Gasteiger partial charge in [0, 0.05) is 19.3 Å². The molecule has 6 nitrogen and oxygen atoms in total. The Morgan fingerprint density at radius 3 is 0.848 bits per heavy atom. The van der Waals surface area contributed by atoms with E-state index in [1.807, 2.05) is 0 Å². The van der Waals surface area contributed by atoms with Crippen LogP contribution in [0.2, 0.25) is 0 Å². The first-order chi connectivity index (χ1) is 39.0. The molecule has 79 heavy (non-hydrogen) atoms. The summed E-state index contributed by atoms with van der Waals surface area (Å²) >= 11 is 0. The fraction of sp³-hybridized carbons (Fsp3) is 0.685. The third kappa shape index (κ3) is 64.5. The standard InChI is InChI=1S/C73H122O6/c1-4-7-10-13-16-19-22-25-27-29-31-33-34-35-36-37-38-40-41-43-45-48-51-54-57-60-63-66-72(75)78-69-70(68-77-71(74)65-62-59-56-53-50-47-24-21-18-15-12-9-6-3)79-73(76)67-64-61-58-55-52-49-46-44-42-39-32-30-28-26-23-20-17-14-11-8-5-2/h7,10,12,15-16,19,21,24-25,27,31,33,35-36,38,40,43,45,51,54,70H,4-6,8-9,11,13-14,17-18,20,22-23,26,28-30,32,34,37,39,41-42,44,46-50,52-53,55-69H2,1-3H3/b10-7-,15-12-,19-16-,24-21-,27-25-,33-31-,36-35-,40-38-,45-43-,54-51-. The number of allylic oxidation sites excluding steroid dienone is 20. The van der Waals surface area contributed by atoms with Gasteiger partial charge in [0.1, 0.15) is 13.2 Å². The molecule has 1 atom stereocenters. The number of hydrogen-bond donors (Lipinski definition) is 0. The zero-order chi connectivity index (χ0) is 57.1. The Hall–Kier alpha value is -4.19. The molecule has 0 radical (unpaired) electrons. The molecule has 0 heterocycles. The van der Waals surface area contributed by atoms with Crippen molar-refractivity contribution in [3.63, 3.8) is 0 Å². The maximum atomic E-state index is 12.9. The second-order valence-corrected chi connectivity index (χ2v) is 21.6. The average Bonchev–Trinajstić information content (AvgIpc) is 3.45. The van der Waals surface area contributed by atoms with Crippen molar-refractivity contribution in [2.24, 2.45) is 0 Å². The van der Waals surface area contributed by atoms with E-state index < -0.39 is 6.10 Å². The Kier molecular flexibility index (Phi) is 62.8. The van der Waals surface area contributed by atoms with Gasteiger partial charge in [0.2, 0.25) is 0 Å². The summed E-state index contributed by atoms with van der Waals surface area (Å²) in [6.45, 7) is 6.44. The van der Waals surface area contributed by atoms with Gasteiger partial charge in [-0.3, -0.25) is 14.4 Å². The maximum Gasteiger partial charge on any atom is 0.306 e. The molecule has 0 aliphatic carbocycles. The molecule has 0 aromatic carbocycles. The van der Waals surface area contributed by atoms with Crippen molar-refractivity contribution in [3.8, 4) is 0 Å². The molecule has 0 fully saturated rings. The van der Waals surface area contributed by atoms with E-state index in [-0.39, 0.29) is 31.1 Å². The molecule has 0 spiro atoms. The molecule has 6 heteroatoms. The van der Waals surface area contributed by atoms with Crippen molar-refractivity contribution >= 4 is 17.9 Å². The molecular formula is C73H122O6. The SMILES string of the molecule is CC/C=C\C/C=C\C/C=C\C/C=C\C/C=C\C/C=C\C/C=C\C/C=C\CCCCC(=O)OCC(COC(=O)CCCCCCC/C=C\C/C=C\CCC)OC(=O)CCCCCCCCCCCCCCCCCCCCCCC. The molecule has 0 amide bonds. The summed E-state index contributed by atoms with van der Waals surface area (Å²) in [5.41, 5.74) is 0. The highest BCUT2D eigenvalue weighted by Gasteiger charge is 2.19. The summed E-state index contributed by atoms with van der Waals surface area (Å²) in [4.78, 5) is 38.3. The van der Waals surface area contributed by atoms with E-state index in [1.54, 1.807) is 0 Å². The fourth-order valence-electron chi connectivity index (χ4n) is 9.03. The highest BCUT2D eigenvalue weighted by atomic mass is 16.6. The number of ether oxygens (including phenoxy) is 3. The highest BCUT2D eigenvalue weighted by molar-refractivity contribution is 5.71. The van der Waals surface area contributed by atoms with Gasteiger partial charge >= 0.3 is 17.9 Å². The summed E-state index contributed by atoms with van der Waals surface area (Å²) < 4.78 is 16.9. The van der Waals surface area contributed by atoms with E-state index in [1.165, 1.54) is 122 Å². The average molecular weight is 1100 g/mol. The van der Waals surface area contributed by atoms with E-state index >= 15 is 0 Å². The lowest BCUT2D eigenvalue weighted by molar-refractivity contribution is -0.167. The Morgan fingerprint density at radius 2 is 0.519 bits per heavy atom. The molecule has 0 saturated heterocycles. The fourth-order valence-corrected chi connectivity index (χ4v) is 9.03. The van der Waals surface area contributed by atoms with Crippen LogP contribution in [0.4, 0.5) is 0 Å². The Labute approximate surface area is 488 Å². The first-order valence-electron chi connectivity index (χ1n) is 33.0. The van der Waals surface area contributed by atoms with E-state index in [4.69, 9.17) is 14.2 Å². The molecule has 0 rings (SSSR count). The van der Waals surface area contributed by atoms with E-state index in [0.29, 0.717) is 25.7 Å². The molecule has 1 unspecified atom stereocenters. The van der Waals surface area contributed by atoms with Crippen LogP contribution in [0.5, 0.6) is 0 Å². The third-order valence-electron chi connectivity index (χ3n) is 13.9. The van der Waals surface area contributed by atoms with Gasteiger partial charge in [0.15, 0.2) is 6.10 Å². The summed E-state index contributed by atoms with van der Waals surface area (Å²) in [5, 5.41) is 0. The monoisotopic (exact) mass is 1090 g/mol. The Balaban J connectivity index is 4.41. The molecule has 0 aromatic rings. The van der Waals surface area contributed by atoms with Crippen LogP contribution in [-0.2, 0) is 28.6 Å². The lowest BCUT2D eigenvalue weighted by Gasteiger charge is -2.18. The van der Waals surface area contributed by atoms with Crippen molar-refractivity contribution in [1.29, 1.82) is 0 Å². The maximum absolute atomic E-state index is 12.9. The van der Waals surface area contributed by atoms with Gasteiger partial charge in [0.05, 0.1) is 0 Å². The van der Waals surface area contributed by atoms with Crippen molar-refractivity contribution in [2.75, 3.05) is 13.2 Å². The van der Waals surface area contributed by atoms with Crippen LogP contribution >= 0.6 is 0 Å². The lowest BCUT2D eigenvalue weighted by Crippen LogP contribution is -2.30. The van der Waals surface area contributed by atoms with E-state index in [9.17, 15) is 14.4 Å². The van der Waals surface area contributed by atoms with Crippen molar-refractivity contribution < 1.29 is 28.6 Å². The van der Waals surface area contributed by atoms with E-state index in [0.717, 1.165) is 135 Å². The highest BCUT2D eigenvalue weighted by Crippen LogP contribution is 2.17. The van der Waals surface area contributed by atoms with Crippen molar-refractivity contribution in [1.82, 2.24) is 0 Å². The van der Waals surface area contributed by atoms with Gasteiger partial charge in [-0.2, -0.15) is 0 Å². The largest absolute Gasteiger partial charge is 0.462 e. The predicted octanol–water partition coefficient (Wildman–Crippen LogP) is 22.8. The minimum absolute atomic E-state index is 0.0994. The van der Waals surface area contributed by atoms with Gasteiger partial charge in [-0.25, -0.2) is 0 Å². The van der Waals surface area contributed by atoms with Crippen LogP contribution in [0, 0.1) is 0 Å². The molecule has 0 N–H and O–H groups in total. The summed E-state index contributed by atoms with van der Waals surface area (Å²) in [6, 6.07) is 0. The smallest absolute Gasteiger partial charge is 0.306 e. The molecular weight excluding hydrogens is 973 g/mol. The molecule has 0 saturated carbocycles. The van der Waals surface area contributed by atoms with Gasteiger partial charge in [-0.1, -0.05) is 296 Å². The number of esters is 3. The number of carbonyl (C=O) groups is 3. The van der Waals surface area contributed by atoms with E-state index in [2.05, 4.69) is 142 Å². The molecule has 0 aliphatic heterocycles. The van der Waals surface area contributed by atoms with Crippen LogP contribution in [0.1, 0.15) is 303 Å². The number of rotatable bonds is 59.